The summed E-state index contributed by atoms with van der Waals surface area (Å²) < 4.78 is 48.5. The van der Waals surface area contributed by atoms with E-state index in [4.69, 9.17) is 0 Å². The highest BCUT2D eigenvalue weighted by atomic mass is 19.3. The van der Waals surface area contributed by atoms with Crippen LogP contribution in [0.2, 0.25) is 0 Å². The van der Waals surface area contributed by atoms with Crippen LogP contribution in [0.4, 0.5) is 17.6 Å². The summed E-state index contributed by atoms with van der Waals surface area (Å²) in [6.07, 6.45) is -5.60. The summed E-state index contributed by atoms with van der Waals surface area (Å²) >= 11 is 0. The molecule has 0 atom stereocenters. The highest BCUT2D eigenvalue weighted by Crippen LogP contribution is 2.53. The third kappa shape index (κ3) is 5.32. The molecule has 4 N–H and O–H groups in total. The lowest BCUT2D eigenvalue weighted by atomic mass is 9.48. The van der Waals surface area contributed by atoms with Crippen LogP contribution in [0.3, 0.4) is 0 Å². The van der Waals surface area contributed by atoms with Crippen LogP contribution in [0.5, 0.6) is 0 Å². The molecule has 8 nitrogen and oxygen atoms in total. The minimum atomic E-state index is -2.80. The van der Waals surface area contributed by atoms with Crippen molar-refractivity contribution in [2.45, 2.75) is 52.6 Å². The molecule has 0 aromatic rings. The number of amides is 4. The van der Waals surface area contributed by atoms with Crippen LogP contribution in [-0.4, -0.2) is 61.7 Å². The highest BCUT2D eigenvalue weighted by molar-refractivity contribution is 6.35. The number of hydrogen-bond acceptors (Lipinski definition) is 4. The Bertz CT molecular complexity index is 574. The minimum Gasteiger partial charge on any atom is -0.344 e. The summed E-state index contributed by atoms with van der Waals surface area (Å²) in [6.45, 7) is 4.70. The maximum Gasteiger partial charge on any atom is 0.309 e. The molecule has 1 aliphatic carbocycles. The molecule has 160 valence electrons. The Hall–Kier alpha value is -2.40. The molecule has 12 heteroatoms. The van der Waals surface area contributed by atoms with Gasteiger partial charge >= 0.3 is 23.6 Å². The zero-order valence-electron chi connectivity index (χ0n) is 15.9. The molecule has 0 saturated heterocycles. The summed E-state index contributed by atoms with van der Waals surface area (Å²) in [5.41, 5.74) is -1.64. The predicted molar refractivity (Wildman–Crippen MR) is 89.5 cm³/mol. The SMILES string of the molecule is CC1(C)C(NC(=O)C(=O)NCC(F)F)C(C)(C)C1NC(=O)C(=O)NCC(F)F. The van der Waals surface area contributed by atoms with E-state index in [1.54, 1.807) is 38.3 Å². The smallest absolute Gasteiger partial charge is 0.309 e. The minimum absolute atomic E-state index is 0.640. The third-order valence-corrected chi connectivity index (χ3v) is 4.77. The van der Waals surface area contributed by atoms with Crippen molar-refractivity contribution in [2.24, 2.45) is 10.8 Å². The first kappa shape index (κ1) is 23.6. The first-order valence-electron chi connectivity index (χ1n) is 8.45. The predicted octanol–water partition coefficient (Wildman–Crippen LogP) is -0.215. The van der Waals surface area contributed by atoms with E-state index < -0.39 is 72.5 Å². The Labute approximate surface area is 159 Å². The molecule has 1 fully saturated rings. The lowest BCUT2D eigenvalue weighted by molar-refractivity contribution is -0.152. The van der Waals surface area contributed by atoms with E-state index in [1.165, 1.54) is 0 Å². The summed E-state index contributed by atoms with van der Waals surface area (Å²) in [5.74, 6) is -4.64. The first-order valence-corrected chi connectivity index (χ1v) is 8.45. The van der Waals surface area contributed by atoms with Crippen LogP contribution in [0, 0.1) is 10.8 Å². The maximum absolute atomic E-state index is 12.1. The van der Waals surface area contributed by atoms with E-state index in [-0.39, 0.29) is 0 Å². The lowest BCUT2D eigenvalue weighted by Crippen LogP contribution is -2.78. The molecule has 1 rings (SSSR count). The van der Waals surface area contributed by atoms with E-state index in [0.717, 1.165) is 0 Å². The molecule has 0 spiro atoms. The molecule has 0 aromatic heterocycles. The van der Waals surface area contributed by atoms with Gasteiger partial charge in [0.25, 0.3) is 12.9 Å². The molecule has 1 saturated carbocycles. The number of rotatable bonds is 6. The average molecular weight is 412 g/mol. The van der Waals surface area contributed by atoms with Gasteiger partial charge in [0.15, 0.2) is 0 Å². The fraction of sp³-hybridized carbons (Fsp3) is 0.750. The molecule has 0 bridgehead atoms. The molecule has 0 radical (unpaired) electrons. The van der Waals surface area contributed by atoms with Crippen LogP contribution in [0.1, 0.15) is 27.7 Å². The summed E-state index contributed by atoms with van der Waals surface area (Å²) in [7, 11) is 0. The largest absolute Gasteiger partial charge is 0.344 e. The molecular formula is C16H24F4N4O4. The monoisotopic (exact) mass is 412 g/mol. The Morgan fingerprint density at radius 3 is 1.21 bits per heavy atom. The zero-order valence-corrected chi connectivity index (χ0v) is 15.9. The summed E-state index contributed by atoms with van der Waals surface area (Å²) in [4.78, 5) is 47.0. The van der Waals surface area contributed by atoms with Crippen molar-refractivity contribution in [1.82, 2.24) is 21.3 Å². The summed E-state index contributed by atoms with van der Waals surface area (Å²) in [5, 5.41) is 8.47. The van der Waals surface area contributed by atoms with Crippen LogP contribution < -0.4 is 21.3 Å². The number of nitrogens with one attached hydrogen (secondary N) is 4. The quantitative estimate of drug-likeness (QED) is 0.357. The average Bonchev–Trinajstić information content (AvgIpc) is 2.58. The fourth-order valence-corrected chi connectivity index (χ4v) is 3.79. The van der Waals surface area contributed by atoms with Gasteiger partial charge < -0.3 is 21.3 Å². The van der Waals surface area contributed by atoms with Crippen molar-refractivity contribution < 1.29 is 36.7 Å². The van der Waals surface area contributed by atoms with Gasteiger partial charge in [0.2, 0.25) is 0 Å². The molecule has 1 aliphatic rings. The van der Waals surface area contributed by atoms with E-state index in [0.29, 0.717) is 0 Å². The van der Waals surface area contributed by atoms with Gasteiger partial charge in [-0.25, -0.2) is 17.6 Å². The number of carbonyl (C=O) groups excluding carboxylic acids is 4. The molecule has 0 aromatic carbocycles. The normalized spacial score (nSPS) is 22.2. The second kappa shape index (κ2) is 8.74. The maximum atomic E-state index is 12.1. The van der Waals surface area contributed by atoms with Crippen LogP contribution >= 0.6 is 0 Å². The van der Waals surface area contributed by atoms with E-state index >= 15 is 0 Å². The van der Waals surface area contributed by atoms with Crippen molar-refractivity contribution >= 4 is 23.6 Å². The van der Waals surface area contributed by atoms with Crippen molar-refractivity contribution in [3.8, 4) is 0 Å². The first-order chi connectivity index (χ1) is 12.7. The number of carbonyl (C=O) groups is 4. The molecule has 0 unspecified atom stereocenters. The Balaban J connectivity index is 2.72. The molecule has 28 heavy (non-hydrogen) atoms. The Kier molecular flexibility index (Phi) is 7.38. The van der Waals surface area contributed by atoms with Crippen LogP contribution in [0.25, 0.3) is 0 Å². The topological polar surface area (TPSA) is 116 Å². The summed E-state index contributed by atoms with van der Waals surface area (Å²) in [6, 6.07) is -1.28. The second-order valence-corrected chi connectivity index (χ2v) is 7.66. The van der Waals surface area contributed by atoms with Gasteiger partial charge in [-0.3, -0.25) is 19.2 Å². The van der Waals surface area contributed by atoms with Gasteiger partial charge in [0, 0.05) is 22.9 Å². The van der Waals surface area contributed by atoms with Crippen LogP contribution in [0.15, 0.2) is 0 Å². The standard InChI is InChI=1S/C16H24F4N4O4/c1-15(2)13(23-11(27)9(25)21-5-7(17)18)16(3,4)14(15)24-12(28)10(26)22-6-8(19)20/h7-8,13-14H,5-6H2,1-4H3,(H,21,25)(H,22,26)(H,23,27)(H,24,28). The molecule has 0 aliphatic heterocycles. The lowest BCUT2D eigenvalue weighted by Gasteiger charge is -2.64. The van der Waals surface area contributed by atoms with Crippen molar-refractivity contribution in [1.29, 1.82) is 0 Å². The van der Waals surface area contributed by atoms with Crippen LogP contribution in [-0.2, 0) is 19.2 Å². The zero-order chi connectivity index (χ0) is 21.9. The number of hydrogen-bond donors (Lipinski definition) is 4. The van der Waals surface area contributed by atoms with Gasteiger partial charge in [0.05, 0.1) is 13.1 Å². The number of alkyl halides is 4. The second-order valence-electron chi connectivity index (χ2n) is 7.66. The van der Waals surface area contributed by atoms with Crippen molar-refractivity contribution in [3.05, 3.63) is 0 Å². The van der Waals surface area contributed by atoms with E-state index in [1.807, 2.05) is 0 Å². The van der Waals surface area contributed by atoms with Gasteiger partial charge in [-0.1, -0.05) is 27.7 Å². The fourth-order valence-electron chi connectivity index (χ4n) is 3.79. The van der Waals surface area contributed by atoms with Gasteiger partial charge in [-0.2, -0.15) is 0 Å². The van der Waals surface area contributed by atoms with Crippen molar-refractivity contribution in [2.75, 3.05) is 13.1 Å². The van der Waals surface area contributed by atoms with E-state index in [9.17, 15) is 36.7 Å². The van der Waals surface area contributed by atoms with E-state index in [2.05, 4.69) is 10.6 Å². The van der Waals surface area contributed by atoms with Gasteiger partial charge in [0.1, 0.15) is 0 Å². The van der Waals surface area contributed by atoms with Gasteiger partial charge in [-0.15, -0.1) is 0 Å². The van der Waals surface area contributed by atoms with Crippen molar-refractivity contribution in [3.63, 3.8) is 0 Å². The highest BCUT2D eigenvalue weighted by Gasteiger charge is 2.63. The Morgan fingerprint density at radius 2 is 0.964 bits per heavy atom. The molecule has 0 heterocycles. The van der Waals surface area contributed by atoms with Gasteiger partial charge in [-0.05, 0) is 0 Å². The molecule has 4 amide bonds. The number of halogens is 4. The molecular weight excluding hydrogens is 388 g/mol. The third-order valence-electron chi connectivity index (χ3n) is 4.77. The Morgan fingerprint density at radius 1 is 0.679 bits per heavy atom.